The van der Waals surface area contributed by atoms with Gasteiger partial charge in [-0.15, -0.1) is 0 Å². The van der Waals surface area contributed by atoms with Gasteiger partial charge < -0.3 is 0 Å². The fourth-order valence-corrected chi connectivity index (χ4v) is 4.74. The van der Waals surface area contributed by atoms with Gasteiger partial charge in [0.1, 0.15) is 11.1 Å². The Balaban J connectivity index is 1.88. The lowest BCUT2D eigenvalue weighted by molar-refractivity contribution is 0.102. The Morgan fingerprint density at radius 1 is 1.27 bits per heavy atom. The van der Waals surface area contributed by atoms with Gasteiger partial charge in [0, 0.05) is 16.3 Å². The first-order valence-corrected chi connectivity index (χ1v) is 10.3. The number of ketones is 1. The number of Topliss-reactive ketones (excluding diaryl/α,β-unsaturated/α-hetero) is 1. The number of rotatable bonds is 5. The molecule has 0 atom stereocenters. The van der Waals surface area contributed by atoms with E-state index in [0.29, 0.717) is 26.2 Å². The number of pyridine rings is 1. The SMILES string of the molecule is CCc1nc(SCC(=O)c2ccc(Cl)cc2Cl)c(C#N)c2c1CCCC2. The lowest BCUT2D eigenvalue weighted by Crippen LogP contribution is -2.13. The maximum atomic E-state index is 12.5. The van der Waals surface area contributed by atoms with Crippen LogP contribution >= 0.6 is 35.0 Å². The molecule has 2 aromatic rings. The average molecular weight is 405 g/mol. The third-order valence-corrected chi connectivity index (χ3v) is 6.11. The van der Waals surface area contributed by atoms with E-state index >= 15 is 0 Å². The second-order valence-electron chi connectivity index (χ2n) is 6.20. The monoisotopic (exact) mass is 404 g/mol. The molecule has 3 rings (SSSR count). The Bertz CT molecular complexity index is 906. The van der Waals surface area contributed by atoms with Gasteiger partial charge in [-0.25, -0.2) is 4.98 Å². The van der Waals surface area contributed by atoms with Gasteiger partial charge in [-0.3, -0.25) is 4.79 Å². The van der Waals surface area contributed by atoms with E-state index in [9.17, 15) is 10.1 Å². The van der Waals surface area contributed by atoms with Gasteiger partial charge in [-0.2, -0.15) is 5.26 Å². The molecule has 0 amide bonds. The minimum atomic E-state index is -0.0990. The molecule has 26 heavy (non-hydrogen) atoms. The second-order valence-corrected chi connectivity index (χ2v) is 8.01. The normalized spacial score (nSPS) is 13.2. The van der Waals surface area contributed by atoms with Crippen LogP contribution in [0.2, 0.25) is 10.0 Å². The van der Waals surface area contributed by atoms with Gasteiger partial charge >= 0.3 is 0 Å². The van der Waals surface area contributed by atoms with Gasteiger partial charge in [0.2, 0.25) is 0 Å². The van der Waals surface area contributed by atoms with E-state index in [1.807, 2.05) is 0 Å². The van der Waals surface area contributed by atoms with E-state index in [2.05, 4.69) is 13.0 Å². The maximum Gasteiger partial charge on any atom is 0.174 e. The van der Waals surface area contributed by atoms with Crippen molar-refractivity contribution in [1.29, 1.82) is 5.26 Å². The zero-order valence-corrected chi connectivity index (χ0v) is 16.8. The van der Waals surface area contributed by atoms with Crippen molar-refractivity contribution in [3.05, 3.63) is 56.2 Å². The second kappa shape index (κ2) is 8.43. The summed E-state index contributed by atoms with van der Waals surface area (Å²) in [5.74, 6) is 0.0865. The predicted octanol–water partition coefficient (Wildman–Crippen LogP) is 5.68. The van der Waals surface area contributed by atoms with E-state index in [1.54, 1.807) is 18.2 Å². The molecule has 0 unspecified atom stereocenters. The van der Waals surface area contributed by atoms with Crippen LogP contribution in [0.1, 0.15) is 52.5 Å². The minimum Gasteiger partial charge on any atom is -0.293 e. The summed E-state index contributed by atoms with van der Waals surface area (Å²) in [5.41, 5.74) is 4.50. The molecule has 0 saturated carbocycles. The van der Waals surface area contributed by atoms with Crippen molar-refractivity contribution >= 4 is 40.7 Å². The number of nitrogens with zero attached hydrogens (tertiary/aromatic N) is 2. The van der Waals surface area contributed by atoms with Crippen molar-refractivity contribution in [2.75, 3.05) is 5.75 Å². The van der Waals surface area contributed by atoms with Crippen molar-refractivity contribution in [2.45, 2.75) is 44.1 Å². The van der Waals surface area contributed by atoms with E-state index in [1.165, 1.54) is 17.3 Å². The molecule has 0 bridgehead atoms. The van der Waals surface area contributed by atoms with Gasteiger partial charge in [-0.05, 0) is 61.4 Å². The standard InChI is InChI=1S/C20H18Cl2N2OS/c1-2-18-14-6-4-3-5-13(14)16(10-23)20(24-18)26-11-19(25)15-8-7-12(21)9-17(15)22/h7-9H,2-6,11H2,1H3. The van der Waals surface area contributed by atoms with E-state index in [4.69, 9.17) is 28.2 Å². The number of aromatic nitrogens is 1. The lowest BCUT2D eigenvalue weighted by atomic mass is 9.87. The number of nitriles is 1. The highest BCUT2D eigenvalue weighted by Crippen LogP contribution is 2.33. The zero-order chi connectivity index (χ0) is 18.7. The van der Waals surface area contributed by atoms with E-state index in [0.717, 1.165) is 43.4 Å². The van der Waals surface area contributed by atoms with E-state index < -0.39 is 0 Å². The molecule has 0 spiro atoms. The molecule has 134 valence electrons. The van der Waals surface area contributed by atoms with Crippen molar-refractivity contribution in [2.24, 2.45) is 0 Å². The summed E-state index contributed by atoms with van der Waals surface area (Å²) in [6.07, 6.45) is 4.98. The highest BCUT2D eigenvalue weighted by molar-refractivity contribution is 8.00. The Labute approximate surface area is 167 Å². The van der Waals surface area contributed by atoms with Crippen molar-refractivity contribution in [1.82, 2.24) is 4.98 Å². The third-order valence-electron chi connectivity index (χ3n) is 4.59. The first kappa shape index (κ1) is 19.2. The molecule has 0 fully saturated rings. The fraction of sp³-hybridized carbons (Fsp3) is 0.350. The van der Waals surface area contributed by atoms with Crippen molar-refractivity contribution < 1.29 is 4.79 Å². The number of thioether (sulfide) groups is 1. The van der Waals surface area contributed by atoms with Crippen LogP contribution in [-0.4, -0.2) is 16.5 Å². The first-order valence-electron chi connectivity index (χ1n) is 8.61. The van der Waals surface area contributed by atoms with Crippen LogP contribution < -0.4 is 0 Å². The lowest BCUT2D eigenvalue weighted by Gasteiger charge is -2.21. The first-order chi connectivity index (χ1) is 12.5. The number of hydrogen-bond donors (Lipinski definition) is 0. The van der Waals surface area contributed by atoms with Crippen LogP contribution in [0.15, 0.2) is 23.2 Å². The highest BCUT2D eigenvalue weighted by atomic mass is 35.5. The van der Waals surface area contributed by atoms with Crippen LogP contribution in [0.4, 0.5) is 0 Å². The number of halogens is 2. The molecule has 1 aromatic heterocycles. The number of benzene rings is 1. The summed E-state index contributed by atoms with van der Waals surface area (Å²) in [4.78, 5) is 17.2. The van der Waals surface area contributed by atoms with Gasteiger partial charge in [0.05, 0.1) is 16.3 Å². The summed E-state index contributed by atoms with van der Waals surface area (Å²) < 4.78 is 0. The Morgan fingerprint density at radius 2 is 2.00 bits per heavy atom. The Hall–Kier alpha value is -1.54. The zero-order valence-electron chi connectivity index (χ0n) is 14.4. The van der Waals surface area contributed by atoms with Gasteiger partial charge in [0.15, 0.2) is 5.78 Å². The number of hydrogen-bond acceptors (Lipinski definition) is 4. The molecule has 1 heterocycles. The molecule has 1 aliphatic rings. The number of fused-ring (bicyclic) bond motifs is 1. The molecule has 0 radical (unpaired) electrons. The summed E-state index contributed by atoms with van der Waals surface area (Å²) in [5, 5.41) is 11.2. The average Bonchev–Trinajstić information content (AvgIpc) is 2.65. The van der Waals surface area contributed by atoms with Gasteiger partial charge in [0.25, 0.3) is 0 Å². The smallest absolute Gasteiger partial charge is 0.174 e. The molecule has 0 saturated heterocycles. The van der Waals surface area contributed by atoms with Crippen LogP contribution in [0.25, 0.3) is 0 Å². The predicted molar refractivity (Wildman–Crippen MR) is 106 cm³/mol. The quantitative estimate of drug-likeness (QED) is 0.475. The molecule has 1 aliphatic carbocycles. The molecular formula is C20H18Cl2N2OS. The topological polar surface area (TPSA) is 53.8 Å². The minimum absolute atomic E-state index is 0.0990. The molecule has 1 aromatic carbocycles. The Kier molecular flexibility index (Phi) is 6.24. The number of carbonyl (C=O) groups excluding carboxylic acids is 1. The summed E-state index contributed by atoms with van der Waals surface area (Å²) in [7, 11) is 0. The molecular weight excluding hydrogens is 387 g/mol. The van der Waals surface area contributed by atoms with Crippen molar-refractivity contribution in [3.8, 4) is 6.07 Å². The van der Waals surface area contributed by atoms with Crippen LogP contribution in [0.5, 0.6) is 0 Å². The van der Waals surface area contributed by atoms with E-state index in [-0.39, 0.29) is 11.5 Å². The number of aryl methyl sites for hydroxylation is 1. The van der Waals surface area contributed by atoms with Gasteiger partial charge in [-0.1, -0.05) is 41.9 Å². The largest absolute Gasteiger partial charge is 0.293 e. The molecule has 6 heteroatoms. The van der Waals surface area contributed by atoms with Crippen LogP contribution in [0, 0.1) is 11.3 Å². The number of carbonyl (C=O) groups is 1. The summed E-state index contributed by atoms with van der Waals surface area (Å²) >= 11 is 13.3. The summed E-state index contributed by atoms with van der Waals surface area (Å²) in [6.45, 7) is 2.08. The maximum absolute atomic E-state index is 12.5. The Morgan fingerprint density at radius 3 is 2.65 bits per heavy atom. The fourth-order valence-electron chi connectivity index (χ4n) is 3.31. The molecule has 3 nitrogen and oxygen atoms in total. The molecule has 0 aliphatic heterocycles. The molecule has 0 N–H and O–H groups in total. The highest BCUT2D eigenvalue weighted by Gasteiger charge is 2.22. The van der Waals surface area contributed by atoms with Crippen molar-refractivity contribution in [3.63, 3.8) is 0 Å². The van der Waals surface area contributed by atoms with Crippen LogP contribution in [0.3, 0.4) is 0 Å². The summed E-state index contributed by atoms with van der Waals surface area (Å²) in [6, 6.07) is 7.17. The third kappa shape index (κ3) is 3.91. The van der Waals surface area contributed by atoms with Crippen LogP contribution in [-0.2, 0) is 19.3 Å².